The third-order valence-electron chi connectivity index (χ3n) is 1.77. The Hall–Kier alpha value is -0.590. The fourth-order valence-electron chi connectivity index (χ4n) is 1.00. The second-order valence-electron chi connectivity index (χ2n) is 2.84. The van der Waals surface area contributed by atoms with Crippen molar-refractivity contribution in [2.75, 3.05) is 0 Å². The van der Waals surface area contributed by atoms with E-state index in [1.165, 1.54) is 6.07 Å². The van der Waals surface area contributed by atoms with Crippen molar-refractivity contribution < 1.29 is 13.0 Å². The van der Waals surface area contributed by atoms with E-state index in [2.05, 4.69) is 5.10 Å². The van der Waals surface area contributed by atoms with Crippen molar-refractivity contribution in [3.8, 4) is 0 Å². The van der Waals surface area contributed by atoms with E-state index in [-0.39, 0.29) is 17.4 Å². The third kappa shape index (κ3) is 2.20. The summed E-state index contributed by atoms with van der Waals surface area (Å²) in [5, 5.41) is 3.45. The second-order valence-corrected chi connectivity index (χ2v) is 4.21. The maximum atomic E-state index is 10.6. The monoisotopic (exact) mass is 224 g/mol. The van der Waals surface area contributed by atoms with Crippen LogP contribution in [0.3, 0.4) is 0 Å². The van der Waals surface area contributed by atoms with Gasteiger partial charge < -0.3 is 0 Å². The number of nitrogens with zero attached hydrogens (tertiary/aromatic N) is 2. The minimum Gasteiger partial charge on any atom is -0.281 e. The molecule has 1 heterocycles. The molecule has 0 aliphatic heterocycles. The summed E-state index contributed by atoms with van der Waals surface area (Å²) in [6.45, 7) is 0. The Morgan fingerprint density at radius 1 is 1.54 bits per heavy atom. The van der Waals surface area contributed by atoms with Crippen LogP contribution in [0.5, 0.6) is 0 Å². The topological polar surface area (TPSA) is 72.2 Å². The molecule has 2 rings (SSSR count). The van der Waals surface area contributed by atoms with Gasteiger partial charge in [0.25, 0.3) is 0 Å². The second kappa shape index (κ2) is 3.28. The molecule has 0 radical (unpaired) electrons. The van der Waals surface area contributed by atoms with Gasteiger partial charge in [0.05, 0.1) is 6.04 Å². The first-order valence-corrected chi connectivity index (χ1v) is 5.04. The summed E-state index contributed by atoms with van der Waals surface area (Å²) < 4.78 is 31.3. The molecule has 74 valence electrons. The molecule has 1 fully saturated rings. The number of rotatable bonds is 2. The van der Waals surface area contributed by atoms with Crippen molar-refractivity contribution in [3.05, 3.63) is 12.3 Å². The summed E-state index contributed by atoms with van der Waals surface area (Å²) in [7, 11) is -4.12. The highest BCUT2D eigenvalue weighted by atomic mass is 35.5. The number of hydrogen-bond donors (Lipinski definition) is 1. The lowest BCUT2D eigenvalue weighted by atomic mass is 10.7. The van der Waals surface area contributed by atoms with Gasteiger partial charge in [-0.3, -0.25) is 9.23 Å². The molecule has 0 spiro atoms. The van der Waals surface area contributed by atoms with E-state index >= 15 is 0 Å². The minimum atomic E-state index is -4.12. The van der Waals surface area contributed by atoms with Crippen molar-refractivity contribution in [2.45, 2.75) is 23.9 Å². The van der Waals surface area contributed by atoms with Gasteiger partial charge in [0.1, 0.15) is 0 Å². The highest BCUT2D eigenvalue weighted by molar-refractivity contribution is 7.85. The molecule has 5 nitrogen and oxygen atoms in total. The first-order valence-electron chi connectivity index (χ1n) is 3.60. The Bertz CT molecular complexity index is 396. The van der Waals surface area contributed by atoms with Gasteiger partial charge in [0.2, 0.25) is 5.03 Å². The lowest BCUT2D eigenvalue weighted by Crippen LogP contribution is -2.01. The number of halogens is 1. The van der Waals surface area contributed by atoms with Crippen LogP contribution >= 0.6 is 12.4 Å². The van der Waals surface area contributed by atoms with Crippen LogP contribution in [-0.4, -0.2) is 22.8 Å². The third-order valence-corrected chi connectivity index (χ3v) is 2.52. The molecule has 1 aromatic heterocycles. The minimum absolute atomic E-state index is 0. The highest BCUT2D eigenvalue weighted by Gasteiger charge is 2.25. The number of aromatic nitrogens is 2. The van der Waals surface area contributed by atoms with E-state index in [1.54, 1.807) is 10.9 Å². The van der Waals surface area contributed by atoms with Gasteiger partial charge in [-0.15, -0.1) is 12.4 Å². The first-order chi connectivity index (χ1) is 5.57. The average molecular weight is 225 g/mol. The molecule has 1 aliphatic rings. The Morgan fingerprint density at radius 2 is 2.15 bits per heavy atom. The fraction of sp³-hybridized carbons (Fsp3) is 0.500. The van der Waals surface area contributed by atoms with Gasteiger partial charge in [-0.25, -0.2) is 0 Å². The van der Waals surface area contributed by atoms with Crippen molar-refractivity contribution in [3.63, 3.8) is 0 Å². The predicted octanol–water partition coefficient (Wildman–Crippen LogP) is 0.886. The van der Waals surface area contributed by atoms with E-state index in [1.807, 2.05) is 0 Å². The van der Waals surface area contributed by atoms with Crippen LogP contribution in [0.15, 0.2) is 17.3 Å². The summed E-state index contributed by atoms with van der Waals surface area (Å²) in [6, 6.07) is 1.63. The van der Waals surface area contributed by atoms with Crippen molar-refractivity contribution in [1.29, 1.82) is 0 Å². The maximum Gasteiger partial charge on any atom is 0.313 e. The molecule has 1 saturated carbocycles. The largest absolute Gasteiger partial charge is 0.313 e. The highest BCUT2D eigenvalue weighted by Crippen LogP contribution is 2.34. The molecule has 1 aliphatic carbocycles. The van der Waals surface area contributed by atoms with Gasteiger partial charge in [0.15, 0.2) is 0 Å². The molecule has 0 unspecified atom stereocenters. The molecule has 0 saturated heterocycles. The molecule has 0 bridgehead atoms. The zero-order chi connectivity index (χ0) is 8.77. The Kier molecular flexibility index (Phi) is 2.65. The molecule has 7 heteroatoms. The molecule has 0 amide bonds. The Balaban J connectivity index is 0.000000845. The van der Waals surface area contributed by atoms with Crippen LogP contribution in [0.1, 0.15) is 18.9 Å². The maximum absolute atomic E-state index is 10.6. The molecule has 1 aromatic rings. The quantitative estimate of drug-likeness (QED) is 0.758. The van der Waals surface area contributed by atoms with Gasteiger partial charge in [-0.05, 0) is 18.9 Å². The standard InChI is InChI=1S/C6H8N2O3S.ClH/c9-12(10,11)6-3-4-8(7-6)5-1-2-5;/h3-5H,1-2H2,(H,9,10,11);1H. The van der Waals surface area contributed by atoms with E-state index in [9.17, 15) is 8.42 Å². The van der Waals surface area contributed by atoms with Crippen LogP contribution in [0.4, 0.5) is 0 Å². The Morgan fingerprint density at radius 3 is 2.54 bits per heavy atom. The van der Waals surface area contributed by atoms with Gasteiger partial charge >= 0.3 is 10.1 Å². The summed E-state index contributed by atoms with van der Waals surface area (Å²) in [4.78, 5) is 0. The van der Waals surface area contributed by atoms with E-state index in [0.717, 1.165) is 12.8 Å². The van der Waals surface area contributed by atoms with E-state index < -0.39 is 10.1 Å². The summed E-state index contributed by atoms with van der Waals surface area (Å²) in [6.07, 6.45) is 3.64. The van der Waals surface area contributed by atoms with Crippen LogP contribution in [0.2, 0.25) is 0 Å². The zero-order valence-corrected chi connectivity index (χ0v) is 8.25. The Labute approximate surface area is 81.9 Å². The van der Waals surface area contributed by atoms with E-state index in [0.29, 0.717) is 6.04 Å². The van der Waals surface area contributed by atoms with Crippen molar-refractivity contribution in [2.24, 2.45) is 0 Å². The first kappa shape index (κ1) is 10.5. The lowest BCUT2D eigenvalue weighted by Gasteiger charge is -1.93. The van der Waals surface area contributed by atoms with Gasteiger partial charge in [-0.1, -0.05) is 0 Å². The van der Waals surface area contributed by atoms with Crippen molar-refractivity contribution >= 4 is 22.5 Å². The fourth-order valence-corrected chi connectivity index (χ4v) is 1.43. The lowest BCUT2D eigenvalue weighted by molar-refractivity contribution is 0.475. The number of hydrogen-bond acceptors (Lipinski definition) is 3. The SMILES string of the molecule is Cl.O=S(=O)(O)c1ccn(C2CC2)n1. The summed E-state index contributed by atoms with van der Waals surface area (Å²) in [5.41, 5.74) is 0. The van der Waals surface area contributed by atoms with Crippen LogP contribution < -0.4 is 0 Å². The van der Waals surface area contributed by atoms with Crippen molar-refractivity contribution in [1.82, 2.24) is 9.78 Å². The van der Waals surface area contributed by atoms with Gasteiger partial charge in [0, 0.05) is 6.20 Å². The molecule has 1 N–H and O–H groups in total. The smallest absolute Gasteiger partial charge is 0.281 e. The molecular weight excluding hydrogens is 216 g/mol. The predicted molar refractivity (Wildman–Crippen MR) is 47.6 cm³/mol. The summed E-state index contributed by atoms with van der Waals surface area (Å²) in [5.74, 6) is 0. The van der Waals surface area contributed by atoms with Gasteiger partial charge in [-0.2, -0.15) is 13.5 Å². The normalized spacial score (nSPS) is 16.7. The van der Waals surface area contributed by atoms with E-state index in [4.69, 9.17) is 4.55 Å². The summed E-state index contributed by atoms with van der Waals surface area (Å²) >= 11 is 0. The molecular formula is C6H9ClN2O3S. The van der Waals surface area contributed by atoms with Crippen LogP contribution in [0.25, 0.3) is 0 Å². The van der Waals surface area contributed by atoms with Crippen LogP contribution in [-0.2, 0) is 10.1 Å². The zero-order valence-electron chi connectivity index (χ0n) is 6.62. The molecule has 0 atom stereocenters. The molecule has 13 heavy (non-hydrogen) atoms. The molecule has 0 aromatic carbocycles. The van der Waals surface area contributed by atoms with Crippen LogP contribution in [0, 0.1) is 0 Å². The average Bonchev–Trinajstić information content (AvgIpc) is 2.66.